The predicted molar refractivity (Wildman–Crippen MR) is 77.9 cm³/mol. The maximum absolute atomic E-state index is 12.5. The number of nitrogens with one attached hydrogen (secondary N) is 1. The third kappa shape index (κ3) is 3.51. The summed E-state index contributed by atoms with van der Waals surface area (Å²) in [5, 5.41) is 2.87. The molecular weight excluding hydrogens is 254 g/mol. The fraction of sp³-hybridized carbons (Fsp3) is 0.867. The Morgan fingerprint density at radius 1 is 1.50 bits per heavy atom. The van der Waals surface area contributed by atoms with E-state index in [1.54, 1.807) is 0 Å². The lowest BCUT2D eigenvalue weighted by atomic mass is 9.86. The minimum Gasteiger partial charge on any atom is -0.354 e. The molecule has 0 bridgehead atoms. The molecule has 20 heavy (non-hydrogen) atoms. The molecule has 5 heteroatoms. The summed E-state index contributed by atoms with van der Waals surface area (Å²) in [5.74, 6) is 0.200. The summed E-state index contributed by atoms with van der Waals surface area (Å²) in [6.45, 7) is 7.76. The van der Waals surface area contributed by atoms with E-state index in [-0.39, 0.29) is 35.2 Å². The van der Waals surface area contributed by atoms with E-state index in [0.29, 0.717) is 13.0 Å². The average Bonchev–Trinajstić information content (AvgIpc) is 2.68. The summed E-state index contributed by atoms with van der Waals surface area (Å²) in [7, 11) is 0. The number of carbonyl (C=O) groups excluding carboxylic acids is 2. The average molecular weight is 281 g/mol. The normalized spacial score (nSPS) is 28.0. The van der Waals surface area contributed by atoms with E-state index in [9.17, 15) is 9.59 Å². The highest BCUT2D eigenvalue weighted by Crippen LogP contribution is 2.28. The lowest BCUT2D eigenvalue weighted by Gasteiger charge is -2.36. The number of hydrogen-bond donors (Lipinski definition) is 2. The predicted octanol–water partition coefficient (Wildman–Crippen LogP) is 0.877. The van der Waals surface area contributed by atoms with Crippen LogP contribution in [0.4, 0.5) is 0 Å². The van der Waals surface area contributed by atoms with Gasteiger partial charge in [-0.1, -0.05) is 20.8 Å². The molecule has 2 saturated heterocycles. The van der Waals surface area contributed by atoms with Crippen LogP contribution in [0, 0.1) is 11.3 Å². The molecule has 3 unspecified atom stereocenters. The van der Waals surface area contributed by atoms with Crippen LogP contribution in [-0.4, -0.2) is 41.9 Å². The molecule has 0 aromatic carbocycles. The lowest BCUT2D eigenvalue weighted by molar-refractivity contribution is -0.137. The molecule has 5 nitrogen and oxygen atoms in total. The van der Waals surface area contributed by atoms with Gasteiger partial charge in [0.1, 0.15) is 0 Å². The van der Waals surface area contributed by atoms with E-state index in [0.717, 1.165) is 25.8 Å². The van der Waals surface area contributed by atoms with Crippen molar-refractivity contribution in [3.63, 3.8) is 0 Å². The van der Waals surface area contributed by atoms with Crippen molar-refractivity contribution in [2.45, 2.75) is 58.5 Å². The number of nitrogens with two attached hydrogens (primary N) is 1. The van der Waals surface area contributed by atoms with Crippen LogP contribution < -0.4 is 11.1 Å². The van der Waals surface area contributed by atoms with Crippen LogP contribution in [0.2, 0.25) is 0 Å². The number of hydrogen-bond acceptors (Lipinski definition) is 3. The Labute approximate surface area is 121 Å². The molecule has 0 aromatic heterocycles. The van der Waals surface area contributed by atoms with E-state index in [4.69, 9.17) is 5.73 Å². The summed E-state index contributed by atoms with van der Waals surface area (Å²) >= 11 is 0. The number of rotatable bonds is 3. The molecule has 2 aliphatic heterocycles. The summed E-state index contributed by atoms with van der Waals surface area (Å²) in [6.07, 6.45) is 3.02. The Morgan fingerprint density at radius 2 is 2.20 bits per heavy atom. The minimum atomic E-state index is -0.104. The van der Waals surface area contributed by atoms with Gasteiger partial charge in [0.2, 0.25) is 11.8 Å². The van der Waals surface area contributed by atoms with Gasteiger partial charge in [-0.2, -0.15) is 0 Å². The topological polar surface area (TPSA) is 75.4 Å². The van der Waals surface area contributed by atoms with Gasteiger partial charge < -0.3 is 16.0 Å². The fourth-order valence-electron chi connectivity index (χ4n) is 3.46. The maximum atomic E-state index is 12.5. The third-order valence-electron chi connectivity index (χ3n) is 4.23. The van der Waals surface area contributed by atoms with Gasteiger partial charge in [0.25, 0.3) is 0 Å². The molecule has 0 radical (unpaired) electrons. The quantitative estimate of drug-likeness (QED) is 0.806. The van der Waals surface area contributed by atoms with Gasteiger partial charge in [-0.15, -0.1) is 0 Å². The second kappa shape index (κ2) is 5.72. The minimum absolute atomic E-state index is 0.00783. The van der Waals surface area contributed by atoms with Crippen molar-refractivity contribution < 1.29 is 9.59 Å². The first-order valence-corrected chi connectivity index (χ1v) is 7.61. The van der Waals surface area contributed by atoms with E-state index in [2.05, 4.69) is 26.1 Å². The molecule has 3 atom stereocenters. The molecule has 114 valence electrons. The van der Waals surface area contributed by atoms with Gasteiger partial charge in [0.15, 0.2) is 0 Å². The van der Waals surface area contributed by atoms with Crippen LogP contribution in [0.15, 0.2) is 0 Å². The fourth-order valence-corrected chi connectivity index (χ4v) is 3.46. The Balaban J connectivity index is 1.93. The molecule has 0 aliphatic carbocycles. The molecule has 2 aliphatic rings. The Morgan fingerprint density at radius 3 is 2.85 bits per heavy atom. The molecule has 0 saturated carbocycles. The number of nitrogens with zero attached hydrogens (tertiary/aromatic N) is 1. The van der Waals surface area contributed by atoms with E-state index >= 15 is 0 Å². The highest BCUT2D eigenvalue weighted by Gasteiger charge is 2.42. The molecule has 2 amide bonds. The first-order chi connectivity index (χ1) is 9.28. The maximum Gasteiger partial charge on any atom is 0.225 e. The van der Waals surface area contributed by atoms with Crippen LogP contribution in [0.5, 0.6) is 0 Å². The highest BCUT2D eigenvalue weighted by molar-refractivity contribution is 5.84. The molecule has 0 spiro atoms. The van der Waals surface area contributed by atoms with Gasteiger partial charge in [0.05, 0.1) is 12.0 Å². The van der Waals surface area contributed by atoms with E-state index < -0.39 is 0 Å². The van der Waals surface area contributed by atoms with Crippen LogP contribution in [0.1, 0.15) is 46.5 Å². The van der Waals surface area contributed by atoms with Crippen molar-refractivity contribution in [3.8, 4) is 0 Å². The summed E-state index contributed by atoms with van der Waals surface area (Å²) in [6, 6.07) is -0.0569. The SMILES string of the molecule is CC(C)(C)CC(N)CC(=O)N1CCCC2C(=O)NCC21. The van der Waals surface area contributed by atoms with Crippen molar-refractivity contribution in [1.82, 2.24) is 10.2 Å². The zero-order chi connectivity index (χ0) is 14.9. The zero-order valence-electron chi connectivity index (χ0n) is 12.8. The number of amides is 2. The Kier molecular flexibility index (Phi) is 4.37. The molecule has 3 N–H and O–H groups in total. The van der Waals surface area contributed by atoms with Crippen molar-refractivity contribution in [2.75, 3.05) is 13.1 Å². The Hall–Kier alpha value is -1.10. The number of carbonyl (C=O) groups is 2. The zero-order valence-corrected chi connectivity index (χ0v) is 12.8. The number of piperidine rings is 1. The lowest BCUT2D eigenvalue weighted by Crippen LogP contribution is -2.50. The summed E-state index contributed by atoms with van der Waals surface area (Å²) in [4.78, 5) is 26.0. The second-order valence-electron chi connectivity index (χ2n) is 7.38. The molecule has 2 fully saturated rings. The largest absolute Gasteiger partial charge is 0.354 e. The van der Waals surface area contributed by atoms with Crippen LogP contribution in [-0.2, 0) is 9.59 Å². The van der Waals surface area contributed by atoms with Gasteiger partial charge in [-0.3, -0.25) is 9.59 Å². The van der Waals surface area contributed by atoms with Crippen molar-refractivity contribution >= 4 is 11.8 Å². The van der Waals surface area contributed by atoms with Gasteiger partial charge in [0, 0.05) is 25.6 Å². The van der Waals surface area contributed by atoms with Gasteiger partial charge >= 0.3 is 0 Å². The van der Waals surface area contributed by atoms with Gasteiger partial charge in [-0.05, 0) is 24.7 Å². The first-order valence-electron chi connectivity index (χ1n) is 7.61. The monoisotopic (exact) mass is 281 g/mol. The van der Waals surface area contributed by atoms with Gasteiger partial charge in [-0.25, -0.2) is 0 Å². The second-order valence-corrected chi connectivity index (χ2v) is 7.38. The van der Waals surface area contributed by atoms with E-state index in [1.807, 2.05) is 4.90 Å². The molecule has 2 rings (SSSR count). The number of likely N-dealkylation sites (tertiary alicyclic amines) is 1. The van der Waals surface area contributed by atoms with Crippen molar-refractivity contribution in [2.24, 2.45) is 17.1 Å². The summed E-state index contributed by atoms with van der Waals surface area (Å²) in [5.41, 5.74) is 6.24. The van der Waals surface area contributed by atoms with Crippen LogP contribution in [0.25, 0.3) is 0 Å². The number of fused-ring (bicyclic) bond motifs is 1. The molecule has 0 aromatic rings. The standard InChI is InChI=1S/C15H27N3O2/c1-15(2,3)8-10(16)7-13(19)18-6-4-5-11-12(18)9-17-14(11)20/h10-12H,4-9,16H2,1-3H3,(H,17,20). The van der Waals surface area contributed by atoms with Crippen molar-refractivity contribution in [1.29, 1.82) is 0 Å². The Bertz CT molecular complexity index is 389. The molecule has 2 heterocycles. The molecular formula is C15H27N3O2. The van der Waals surface area contributed by atoms with E-state index in [1.165, 1.54) is 0 Å². The smallest absolute Gasteiger partial charge is 0.225 e. The van der Waals surface area contributed by atoms with Crippen LogP contribution in [0.3, 0.4) is 0 Å². The van der Waals surface area contributed by atoms with Crippen LogP contribution >= 0.6 is 0 Å². The third-order valence-corrected chi connectivity index (χ3v) is 4.23. The first kappa shape index (κ1) is 15.3. The summed E-state index contributed by atoms with van der Waals surface area (Å²) < 4.78 is 0. The van der Waals surface area contributed by atoms with Crippen molar-refractivity contribution in [3.05, 3.63) is 0 Å². The highest BCUT2D eigenvalue weighted by atomic mass is 16.2.